The maximum atomic E-state index is 14.3. The Bertz CT molecular complexity index is 1750. The van der Waals surface area contributed by atoms with E-state index in [2.05, 4.69) is 10.3 Å². The summed E-state index contributed by atoms with van der Waals surface area (Å²) >= 11 is 0. The molecular weight excluding hydrogens is 509 g/mol. The van der Waals surface area contributed by atoms with E-state index in [0.29, 0.717) is 54.3 Å². The number of ether oxygens (including phenoxy) is 1. The van der Waals surface area contributed by atoms with E-state index in [9.17, 15) is 18.0 Å². The van der Waals surface area contributed by atoms with Crippen LogP contribution in [-0.4, -0.2) is 52.4 Å². The third-order valence-electron chi connectivity index (χ3n) is 7.12. The smallest absolute Gasteiger partial charge is 0.418 e. The van der Waals surface area contributed by atoms with Crippen molar-refractivity contribution in [1.29, 1.82) is 0 Å². The molecule has 0 bridgehead atoms. The first-order valence-electron chi connectivity index (χ1n) is 12.4. The Kier molecular flexibility index (Phi) is 6.02. The van der Waals surface area contributed by atoms with Gasteiger partial charge in [0.2, 0.25) is 5.88 Å². The molecule has 1 aliphatic heterocycles. The molecule has 0 saturated carbocycles. The van der Waals surface area contributed by atoms with Crippen LogP contribution in [0.5, 0.6) is 5.88 Å². The normalized spacial score (nSPS) is 14.3. The van der Waals surface area contributed by atoms with Crippen molar-refractivity contribution < 1.29 is 17.9 Å². The molecule has 11 heteroatoms. The van der Waals surface area contributed by atoms with Crippen LogP contribution < -0.4 is 20.6 Å². The molecule has 5 aromatic rings. The standard InChI is InChI=1S/C28H25F3N6O2/c1-35-23-8-4-17-3-7-21(18-5-10-24(39-2)33-16-18)34-25(17)26(23)37(27(35)38)19-6-9-22(20(15-19)28(29,30)31)36-13-11-32-12-14-36/h3-10,15-16,32H,11-14H2,1-2H3. The quantitative estimate of drug-likeness (QED) is 0.369. The van der Waals surface area contributed by atoms with Gasteiger partial charge in [-0.05, 0) is 36.4 Å². The van der Waals surface area contributed by atoms with Gasteiger partial charge in [-0.1, -0.05) is 12.1 Å². The molecule has 0 unspecified atom stereocenters. The number of imidazole rings is 1. The van der Waals surface area contributed by atoms with Crippen molar-refractivity contribution >= 4 is 27.6 Å². The Balaban J connectivity index is 1.58. The van der Waals surface area contributed by atoms with Gasteiger partial charge >= 0.3 is 11.9 Å². The number of aryl methyl sites for hydroxylation is 1. The van der Waals surface area contributed by atoms with Crippen LogP contribution in [0.15, 0.2) is 65.6 Å². The first-order chi connectivity index (χ1) is 18.8. The van der Waals surface area contributed by atoms with E-state index in [1.54, 1.807) is 36.3 Å². The van der Waals surface area contributed by atoms with E-state index in [1.165, 1.54) is 22.3 Å². The zero-order valence-electron chi connectivity index (χ0n) is 21.3. The molecule has 2 aromatic carbocycles. The molecule has 0 amide bonds. The number of nitrogens with zero attached hydrogens (tertiary/aromatic N) is 5. The van der Waals surface area contributed by atoms with Gasteiger partial charge in [0.1, 0.15) is 5.52 Å². The summed E-state index contributed by atoms with van der Waals surface area (Å²) < 4.78 is 50.8. The highest BCUT2D eigenvalue weighted by Crippen LogP contribution is 2.39. The number of pyridine rings is 2. The number of alkyl halides is 3. The summed E-state index contributed by atoms with van der Waals surface area (Å²) in [6, 6.07) is 15.0. The van der Waals surface area contributed by atoms with Gasteiger partial charge in [0.05, 0.1) is 35.1 Å². The van der Waals surface area contributed by atoms with Gasteiger partial charge in [-0.25, -0.2) is 14.8 Å². The van der Waals surface area contributed by atoms with Gasteiger partial charge in [-0.2, -0.15) is 13.2 Å². The zero-order valence-corrected chi connectivity index (χ0v) is 21.3. The Morgan fingerprint density at radius 1 is 1.00 bits per heavy atom. The number of hydrogen-bond acceptors (Lipinski definition) is 6. The number of aromatic nitrogens is 4. The maximum Gasteiger partial charge on any atom is 0.418 e. The third-order valence-corrected chi connectivity index (χ3v) is 7.12. The summed E-state index contributed by atoms with van der Waals surface area (Å²) in [6.07, 6.45) is -2.96. The van der Waals surface area contributed by atoms with Crippen LogP contribution in [0.25, 0.3) is 38.9 Å². The van der Waals surface area contributed by atoms with Gasteiger partial charge in [-0.3, -0.25) is 9.13 Å². The predicted octanol–water partition coefficient (Wildman–Crippen LogP) is 4.38. The second-order valence-electron chi connectivity index (χ2n) is 9.40. The summed E-state index contributed by atoms with van der Waals surface area (Å²) in [7, 11) is 3.13. The van der Waals surface area contributed by atoms with Gasteiger partial charge in [0.15, 0.2) is 0 Å². The van der Waals surface area contributed by atoms with E-state index in [1.807, 2.05) is 24.3 Å². The van der Waals surface area contributed by atoms with Crippen LogP contribution in [-0.2, 0) is 13.2 Å². The van der Waals surface area contributed by atoms with E-state index in [4.69, 9.17) is 9.72 Å². The van der Waals surface area contributed by atoms with Gasteiger partial charge < -0.3 is 15.0 Å². The van der Waals surface area contributed by atoms with Crippen LogP contribution in [0.4, 0.5) is 18.9 Å². The molecule has 0 spiro atoms. The minimum atomic E-state index is -4.60. The summed E-state index contributed by atoms with van der Waals surface area (Å²) in [5, 5.41) is 3.91. The van der Waals surface area contributed by atoms with Crippen molar-refractivity contribution in [2.45, 2.75) is 6.18 Å². The second kappa shape index (κ2) is 9.42. The monoisotopic (exact) mass is 534 g/mol. The Morgan fingerprint density at radius 3 is 2.46 bits per heavy atom. The molecule has 6 rings (SSSR count). The van der Waals surface area contributed by atoms with E-state index in [0.717, 1.165) is 17.0 Å². The average Bonchev–Trinajstić information content (AvgIpc) is 3.22. The molecule has 0 atom stereocenters. The minimum Gasteiger partial charge on any atom is -0.481 e. The first kappa shape index (κ1) is 24.9. The van der Waals surface area contributed by atoms with Gasteiger partial charge in [0, 0.05) is 62.1 Å². The van der Waals surface area contributed by atoms with E-state index >= 15 is 0 Å². The number of anilines is 1. The van der Waals surface area contributed by atoms with Crippen LogP contribution in [0.2, 0.25) is 0 Å². The highest BCUT2D eigenvalue weighted by Gasteiger charge is 2.36. The van der Waals surface area contributed by atoms with E-state index in [-0.39, 0.29) is 11.4 Å². The molecule has 0 radical (unpaired) electrons. The van der Waals surface area contributed by atoms with Crippen molar-refractivity contribution in [2.24, 2.45) is 7.05 Å². The fourth-order valence-corrected chi connectivity index (χ4v) is 5.13. The second-order valence-corrected chi connectivity index (χ2v) is 9.40. The molecule has 4 heterocycles. The summed E-state index contributed by atoms with van der Waals surface area (Å²) in [6.45, 7) is 2.14. The lowest BCUT2D eigenvalue weighted by Crippen LogP contribution is -2.44. The Morgan fingerprint density at radius 2 is 1.77 bits per heavy atom. The first-order valence-corrected chi connectivity index (χ1v) is 12.4. The van der Waals surface area contributed by atoms with Gasteiger partial charge in [0.25, 0.3) is 0 Å². The topological polar surface area (TPSA) is 77.2 Å². The van der Waals surface area contributed by atoms with Crippen LogP contribution >= 0.6 is 0 Å². The molecule has 1 aliphatic rings. The van der Waals surface area contributed by atoms with Gasteiger partial charge in [-0.15, -0.1) is 0 Å². The molecule has 1 N–H and O–H groups in total. The lowest BCUT2D eigenvalue weighted by Gasteiger charge is -2.31. The molecular formula is C28H25F3N6O2. The number of methoxy groups -OCH3 is 1. The molecule has 39 heavy (non-hydrogen) atoms. The highest BCUT2D eigenvalue weighted by atomic mass is 19.4. The molecule has 8 nitrogen and oxygen atoms in total. The number of nitrogens with one attached hydrogen (secondary N) is 1. The minimum absolute atomic E-state index is 0.110. The SMILES string of the molecule is COc1ccc(-c2ccc3ccc4c(c3n2)n(-c2ccc(N3CCNCC3)c(C(F)(F)F)c2)c(=O)n4C)cn1. The average molecular weight is 535 g/mol. The number of rotatable bonds is 4. The lowest BCUT2D eigenvalue weighted by molar-refractivity contribution is -0.137. The fourth-order valence-electron chi connectivity index (χ4n) is 5.13. The van der Waals surface area contributed by atoms with E-state index < -0.39 is 17.4 Å². The Hall–Kier alpha value is -4.38. The fraction of sp³-hybridized carbons (Fsp3) is 0.250. The molecule has 1 saturated heterocycles. The number of fused-ring (bicyclic) bond motifs is 3. The van der Waals surface area contributed by atoms with Crippen LogP contribution in [0.1, 0.15) is 5.56 Å². The van der Waals surface area contributed by atoms with Crippen molar-refractivity contribution in [3.8, 4) is 22.8 Å². The molecule has 1 fully saturated rings. The van der Waals surface area contributed by atoms with Crippen molar-refractivity contribution in [3.63, 3.8) is 0 Å². The maximum absolute atomic E-state index is 14.3. The van der Waals surface area contributed by atoms with Crippen molar-refractivity contribution in [1.82, 2.24) is 24.4 Å². The van der Waals surface area contributed by atoms with Crippen LogP contribution in [0.3, 0.4) is 0 Å². The summed E-state index contributed by atoms with van der Waals surface area (Å²) in [5.41, 5.74) is 1.84. The number of piperazine rings is 1. The number of halogens is 3. The van der Waals surface area contributed by atoms with Crippen molar-refractivity contribution in [3.05, 3.63) is 76.8 Å². The summed E-state index contributed by atoms with van der Waals surface area (Å²) in [4.78, 5) is 24.3. The largest absolute Gasteiger partial charge is 0.481 e. The summed E-state index contributed by atoms with van der Waals surface area (Å²) in [5.74, 6) is 0.462. The Labute approximate surface area is 221 Å². The van der Waals surface area contributed by atoms with Crippen LogP contribution in [0, 0.1) is 0 Å². The van der Waals surface area contributed by atoms with Crippen molar-refractivity contribution in [2.75, 3.05) is 38.2 Å². The zero-order chi connectivity index (χ0) is 27.3. The molecule has 0 aliphatic carbocycles. The third kappa shape index (κ3) is 4.28. The predicted molar refractivity (Wildman–Crippen MR) is 144 cm³/mol. The number of hydrogen-bond donors (Lipinski definition) is 1. The number of benzene rings is 2. The lowest BCUT2D eigenvalue weighted by atomic mass is 10.1. The highest BCUT2D eigenvalue weighted by molar-refractivity contribution is 6.03. The molecule has 3 aromatic heterocycles. The molecule has 200 valence electrons.